The van der Waals surface area contributed by atoms with Crippen molar-refractivity contribution >= 4 is 17.0 Å². The second-order valence-electron chi connectivity index (χ2n) is 4.40. The van der Waals surface area contributed by atoms with Crippen LogP contribution in [-0.4, -0.2) is 19.9 Å². The summed E-state index contributed by atoms with van der Waals surface area (Å²) in [7, 11) is 0. The summed E-state index contributed by atoms with van der Waals surface area (Å²) in [4.78, 5) is 16.0. The number of pyridine rings is 1. The van der Waals surface area contributed by atoms with Gasteiger partial charge in [0.1, 0.15) is 5.69 Å². The molecule has 0 unspecified atom stereocenters. The molecule has 0 aliphatic heterocycles. The van der Waals surface area contributed by atoms with Crippen LogP contribution in [0.4, 0.5) is 23.4 Å². The number of hydrogen-bond donors (Lipinski definition) is 2. The Morgan fingerprint density at radius 2 is 2.05 bits per heavy atom. The van der Waals surface area contributed by atoms with Crippen LogP contribution in [0.25, 0.3) is 11.2 Å². The lowest BCUT2D eigenvalue weighted by Crippen LogP contribution is -2.09. The fourth-order valence-corrected chi connectivity index (χ4v) is 1.86. The average molecular weight is 313 g/mol. The van der Waals surface area contributed by atoms with E-state index >= 15 is 0 Å². The first-order valence-electron chi connectivity index (χ1n) is 6.12. The van der Waals surface area contributed by atoms with E-state index in [1.807, 2.05) is 0 Å². The molecule has 3 N–H and O–H groups in total. The van der Waals surface area contributed by atoms with Crippen LogP contribution in [0.3, 0.4) is 0 Å². The molecule has 0 amide bonds. The first-order chi connectivity index (χ1) is 10.4. The number of H-pyrrole nitrogens is 2. The van der Waals surface area contributed by atoms with E-state index in [9.17, 15) is 17.6 Å². The largest absolute Gasteiger partial charge is 0.433 e. The Labute approximate surface area is 120 Å². The molecule has 0 saturated heterocycles. The van der Waals surface area contributed by atoms with Gasteiger partial charge in [-0.15, -0.1) is 4.39 Å². The average Bonchev–Trinajstić information content (AvgIpc) is 2.92. The third-order valence-corrected chi connectivity index (χ3v) is 2.88. The van der Waals surface area contributed by atoms with Crippen LogP contribution in [0.15, 0.2) is 24.7 Å². The molecule has 114 valence electrons. The van der Waals surface area contributed by atoms with E-state index in [-0.39, 0.29) is 18.0 Å². The van der Waals surface area contributed by atoms with Crippen LogP contribution in [-0.2, 0) is 12.7 Å². The first-order valence-corrected chi connectivity index (χ1v) is 6.12. The van der Waals surface area contributed by atoms with E-state index in [2.05, 4.69) is 30.2 Å². The van der Waals surface area contributed by atoms with Gasteiger partial charge in [-0.25, -0.2) is 4.98 Å². The van der Waals surface area contributed by atoms with E-state index < -0.39 is 17.9 Å². The zero-order chi connectivity index (χ0) is 15.7. The number of imidazole rings is 1. The van der Waals surface area contributed by atoms with Crippen LogP contribution in [0.5, 0.6) is 0 Å². The zero-order valence-electron chi connectivity index (χ0n) is 10.9. The second kappa shape index (κ2) is 5.20. The van der Waals surface area contributed by atoms with Gasteiger partial charge in [0.2, 0.25) is 5.52 Å². The standard InChI is InChI=1S/C12H8F4N6/c13-11-21-9(8-10(22-11)20-5-19-8)18-4-6-1-2-7(17-3-6)12(14,15)16/h1-3,5H,4H2,(H2,18,19,20,21,22)/p+1. The highest BCUT2D eigenvalue weighted by atomic mass is 19.4. The number of aromatic nitrogens is 5. The molecule has 0 saturated carbocycles. The Balaban J connectivity index is 1.78. The lowest BCUT2D eigenvalue weighted by Gasteiger charge is -2.07. The number of nitrogens with one attached hydrogen (secondary N) is 3. The smallest absolute Gasteiger partial charge is 0.363 e. The van der Waals surface area contributed by atoms with Crippen molar-refractivity contribution in [3.05, 3.63) is 42.0 Å². The summed E-state index contributed by atoms with van der Waals surface area (Å²) in [6, 6.07) is 2.17. The highest BCUT2D eigenvalue weighted by Crippen LogP contribution is 2.27. The van der Waals surface area contributed by atoms with Crippen molar-refractivity contribution in [1.82, 2.24) is 19.9 Å². The molecule has 0 radical (unpaired) electrons. The van der Waals surface area contributed by atoms with Crippen molar-refractivity contribution in [2.45, 2.75) is 12.7 Å². The number of rotatable bonds is 3. The molecule has 0 fully saturated rings. The number of nitrogens with zero attached hydrogens (tertiary/aromatic N) is 3. The van der Waals surface area contributed by atoms with Gasteiger partial charge in [-0.3, -0.25) is 9.97 Å². The summed E-state index contributed by atoms with van der Waals surface area (Å²) in [6.45, 7) is 0.135. The van der Waals surface area contributed by atoms with Gasteiger partial charge in [-0.1, -0.05) is 6.07 Å². The number of hydrogen-bond acceptors (Lipinski definition) is 4. The molecule has 3 aromatic rings. The summed E-state index contributed by atoms with van der Waals surface area (Å²) in [5.41, 5.74) is 0.267. The molecule has 0 aliphatic rings. The number of halogens is 4. The maximum absolute atomic E-state index is 13.3. The zero-order valence-corrected chi connectivity index (χ0v) is 10.9. The second-order valence-corrected chi connectivity index (χ2v) is 4.40. The Morgan fingerprint density at radius 3 is 2.73 bits per heavy atom. The van der Waals surface area contributed by atoms with Crippen LogP contribution in [0.1, 0.15) is 11.3 Å². The van der Waals surface area contributed by atoms with Gasteiger partial charge in [0.15, 0.2) is 12.1 Å². The molecule has 0 aromatic carbocycles. The minimum absolute atomic E-state index is 0.135. The van der Waals surface area contributed by atoms with Gasteiger partial charge in [-0.2, -0.15) is 18.2 Å². The van der Waals surface area contributed by atoms with Gasteiger partial charge in [0, 0.05) is 12.7 Å². The molecule has 0 aliphatic carbocycles. The molecule has 0 bridgehead atoms. The number of aromatic amines is 2. The normalized spacial score (nSPS) is 11.8. The Hall–Kier alpha value is -2.78. The first kappa shape index (κ1) is 14.2. The van der Waals surface area contributed by atoms with E-state index in [0.29, 0.717) is 11.1 Å². The molecule has 22 heavy (non-hydrogen) atoms. The Kier molecular flexibility index (Phi) is 3.35. The van der Waals surface area contributed by atoms with Crippen LogP contribution in [0.2, 0.25) is 0 Å². The summed E-state index contributed by atoms with van der Waals surface area (Å²) >= 11 is 0. The quantitative estimate of drug-likeness (QED) is 0.572. The van der Waals surface area contributed by atoms with Crippen LogP contribution < -0.4 is 10.3 Å². The van der Waals surface area contributed by atoms with Gasteiger partial charge in [0.05, 0.1) is 0 Å². The van der Waals surface area contributed by atoms with E-state index in [1.54, 1.807) is 0 Å². The number of fused-ring (bicyclic) bond motifs is 1. The lowest BCUT2D eigenvalue weighted by molar-refractivity contribution is -0.347. The van der Waals surface area contributed by atoms with Crippen molar-refractivity contribution in [2.24, 2.45) is 0 Å². The van der Waals surface area contributed by atoms with Crippen molar-refractivity contribution in [1.29, 1.82) is 0 Å². The molecular weight excluding hydrogens is 304 g/mol. The number of anilines is 1. The van der Waals surface area contributed by atoms with Crippen LogP contribution in [0, 0.1) is 6.08 Å². The summed E-state index contributed by atoms with van der Waals surface area (Å²) in [5, 5.41) is 2.83. The molecule has 3 aromatic heterocycles. The van der Waals surface area contributed by atoms with Crippen molar-refractivity contribution in [3.63, 3.8) is 0 Å². The number of alkyl halides is 3. The minimum atomic E-state index is -4.48. The molecule has 0 atom stereocenters. The predicted molar refractivity (Wildman–Crippen MR) is 67.0 cm³/mol. The SMILES string of the molecule is Fc1nc(NCc2ccc(C(F)(F)F)nc2)c2[nH]c[nH+]c2n1. The summed E-state index contributed by atoms with van der Waals surface area (Å²) in [6.07, 6.45) is -2.83. The van der Waals surface area contributed by atoms with Gasteiger partial charge < -0.3 is 5.32 Å². The van der Waals surface area contributed by atoms with E-state index in [4.69, 9.17) is 0 Å². The predicted octanol–water partition coefficient (Wildman–Crippen LogP) is 1.94. The summed E-state index contributed by atoms with van der Waals surface area (Å²) in [5.74, 6) is 0.198. The Bertz CT molecular complexity index is 795. The highest BCUT2D eigenvalue weighted by molar-refractivity contribution is 5.79. The molecule has 3 heterocycles. The molecule has 10 heteroatoms. The van der Waals surface area contributed by atoms with Gasteiger partial charge in [0.25, 0.3) is 0 Å². The maximum Gasteiger partial charge on any atom is 0.433 e. The third kappa shape index (κ3) is 2.80. The van der Waals surface area contributed by atoms with E-state index in [0.717, 1.165) is 12.3 Å². The van der Waals surface area contributed by atoms with Crippen molar-refractivity contribution in [3.8, 4) is 0 Å². The Morgan fingerprint density at radius 1 is 1.23 bits per heavy atom. The van der Waals surface area contributed by atoms with Gasteiger partial charge >= 0.3 is 17.9 Å². The van der Waals surface area contributed by atoms with Gasteiger partial charge in [-0.05, 0) is 16.6 Å². The van der Waals surface area contributed by atoms with E-state index in [1.165, 1.54) is 12.4 Å². The lowest BCUT2D eigenvalue weighted by atomic mass is 10.2. The highest BCUT2D eigenvalue weighted by Gasteiger charge is 2.31. The van der Waals surface area contributed by atoms with Crippen molar-refractivity contribution < 1.29 is 22.5 Å². The van der Waals surface area contributed by atoms with Crippen molar-refractivity contribution in [2.75, 3.05) is 5.32 Å². The summed E-state index contributed by atoms with van der Waals surface area (Å²) < 4.78 is 50.5. The molecular formula is C12H9F4N6+. The van der Waals surface area contributed by atoms with Crippen LogP contribution >= 0.6 is 0 Å². The maximum atomic E-state index is 13.3. The third-order valence-electron chi connectivity index (χ3n) is 2.88. The fourth-order valence-electron chi connectivity index (χ4n) is 1.86. The fraction of sp³-hybridized carbons (Fsp3) is 0.167. The minimum Gasteiger partial charge on any atom is -0.363 e. The molecule has 6 nitrogen and oxygen atoms in total. The monoisotopic (exact) mass is 313 g/mol. The topological polar surface area (TPSA) is 80.6 Å². The molecule has 0 spiro atoms. The molecule has 3 rings (SSSR count).